The Balaban J connectivity index is 1.48. The van der Waals surface area contributed by atoms with Gasteiger partial charge in [-0.05, 0) is 6.92 Å². The van der Waals surface area contributed by atoms with Gasteiger partial charge in [0.05, 0.1) is 19.1 Å². The lowest BCUT2D eigenvalue weighted by Gasteiger charge is -2.39. The van der Waals surface area contributed by atoms with Gasteiger partial charge in [0, 0.05) is 0 Å². The summed E-state index contributed by atoms with van der Waals surface area (Å²) < 4.78 is 22.1. The van der Waals surface area contributed by atoms with Crippen LogP contribution in [-0.4, -0.2) is 126 Å². The van der Waals surface area contributed by atoms with Crippen LogP contribution in [-0.2, 0) is 23.7 Å². The molecule has 34 heavy (non-hydrogen) atoms. The number of amides is 1. The zero-order valence-corrected chi connectivity index (χ0v) is 18.0. The summed E-state index contributed by atoms with van der Waals surface area (Å²) in [6.45, 7) is 0.0686. The van der Waals surface area contributed by atoms with Crippen molar-refractivity contribution >= 4 is 11.9 Å². The average molecular weight is 492 g/mol. The molecule has 2 fully saturated rings. The Bertz CT molecular complexity index is 853. The molecule has 0 bridgehead atoms. The summed E-state index contributed by atoms with van der Waals surface area (Å²) in [6.07, 6.45) is -11.5. The van der Waals surface area contributed by atoms with Crippen molar-refractivity contribution in [3.05, 3.63) is 12.2 Å². The van der Waals surface area contributed by atoms with E-state index in [2.05, 4.69) is 10.1 Å². The number of nitrogens with two attached hydrogens (primary N) is 1. The van der Waals surface area contributed by atoms with Crippen LogP contribution in [0.1, 0.15) is 23.8 Å². The highest BCUT2D eigenvalue weighted by Gasteiger charge is 2.46. The molecule has 0 saturated carbocycles. The maximum atomic E-state index is 12.3. The number of ether oxygens (including phenoxy) is 4. The lowest BCUT2D eigenvalue weighted by Crippen LogP contribution is -2.59. The number of carbonyl (C=O) groups is 2. The topological polar surface area (TPSA) is 249 Å². The first-order valence-electron chi connectivity index (χ1n) is 10.4. The monoisotopic (exact) mass is 492 g/mol. The Morgan fingerprint density at radius 3 is 2.38 bits per heavy atom. The first-order valence-corrected chi connectivity index (χ1v) is 10.4. The summed E-state index contributed by atoms with van der Waals surface area (Å²) in [4.78, 5) is 27.1. The van der Waals surface area contributed by atoms with E-state index in [-0.39, 0.29) is 12.4 Å². The molecule has 0 radical (unpaired) electrons. The number of rotatable bonds is 9. The summed E-state index contributed by atoms with van der Waals surface area (Å²) in [5.41, 5.74) is 5.08. The van der Waals surface area contributed by atoms with E-state index in [0.29, 0.717) is 0 Å². The number of carbonyl (C=O) groups excluding carboxylic acids is 2. The van der Waals surface area contributed by atoms with E-state index in [9.17, 15) is 40.2 Å². The Morgan fingerprint density at radius 2 is 1.76 bits per heavy atom. The van der Waals surface area contributed by atoms with Crippen molar-refractivity contribution in [2.24, 2.45) is 11.7 Å². The number of aromatic nitrogens is 3. The maximum absolute atomic E-state index is 12.3. The van der Waals surface area contributed by atoms with Crippen molar-refractivity contribution < 1.29 is 59.2 Å². The minimum atomic E-state index is -1.62. The van der Waals surface area contributed by atoms with Crippen LogP contribution in [0, 0.1) is 5.92 Å². The molecule has 0 spiro atoms. The van der Waals surface area contributed by atoms with Crippen LogP contribution in [0.5, 0.6) is 0 Å². The van der Waals surface area contributed by atoms with E-state index < -0.39 is 86.3 Å². The molecule has 2 aliphatic rings. The molecule has 1 amide bonds. The van der Waals surface area contributed by atoms with Crippen LogP contribution in [0.4, 0.5) is 0 Å². The van der Waals surface area contributed by atoms with E-state index in [1.807, 2.05) is 0 Å². The zero-order valence-electron chi connectivity index (χ0n) is 18.0. The van der Waals surface area contributed by atoms with Crippen LogP contribution in [0.2, 0.25) is 0 Å². The highest BCUT2D eigenvalue weighted by molar-refractivity contribution is 5.88. The van der Waals surface area contributed by atoms with E-state index in [1.54, 1.807) is 0 Å². The molecule has 7 unspecified atom stereocenters. The molecule has 3 heterocycles. The van der Waals surface area contributed by atoms with Gasteiger partial charge in [-0.25, -0.2) is 9.67 Å². The first kappa shape index (κ1) is 26.3. The Hall–Kier alpha value is -2.28. The van der Waals surface area contributed by atoms with Gasteiger partial charge < -0.3 is 55.3 Å². The van der Waals surface area contributed by atoms with Crippen LogP contribution in [0.15, 0.2) is 6.33 Å². The molecular weight excluding hydrogens is 464 g/mol. The van der Waals surface area contributed by atoms with Crippen LogP contribution in [0.3, 0.4) is 0 Å². The molecule has 16 heteroatoms. The van der Waals surface area contributed by atoms with Gasteiger partial charge in [-0.15, -0.1) is 5.10 Å². The van der Waals surface area contributed by atoms with Crippen molar-refractivity contribution in [1.29, 1.82) is 0 Å². The van der Waals surface area contributed by atoms with Crippen LogP contribution < -0.4 is 5.73 Å². The summed E-state index contributed by atoms with van der Waals surface area (Å²) in [5, 5.41) is 62.9. The van der Waals surface area contributed by atoms with Crippen molar-refractivity contribution in [1.82, 2.24) is 14.8 Å². The van der Waals surface area contributed by atoms with Gasteiger partial charge in [0.2, 0.25) is 5.82 Å². The second-order valence-electron chi connectivity index (χ2n) is 8.02. The quantitative estimate of drug-likeness (QED) is 0.159. The van der Waals surface area contributed by atoms with Crippen LogP contribution in [0.25, 0.3) is 0 Å². The molecular formula is C18H28N4O12. The zero-order chi connectivity index (χ0) is 25.2. The number of aliphatic hydroxyl groups excluding tert-OH is 6. The molecule has 2 saturated heterocycles. The molecule has 10 atom stereocenters. The Kier molecular flexibility index (Phi) is 8.50. The van der Waals surface area contributed by atoms with Gasteiger partial charge in [0.1, 0.15) is 55.7 Å². The number of esters is 1. The van der Waals surface area contributed by atoms with Gasteiger partial charge in [0.25, 0.3) is 5.91 Å². The fraction of sp³-hybridized carbons (Fsp3) is 0.778. The third-order valence-corrected chi connectivity index (χ3v) is 5.48. The normalized spacial score (nSPS) is 36.9. The predicted molar refractivity (Wildman–Crippen MR) is 104 cm³/mol. The lowest BCUT2D eigenvalue weighted by molar-refractivity contribution is -0.302. The third-order valence-electron chi connectivity index (χ3n) is 5.48. The molecule has 8 N–H and O–H groups in total. The third kappa shape index (κ3) is 5.51. The van der Waals surface area contributed by atoms with Crippen molar-refractivity contribution in [3.8, 4) is 0 Å². The highest BCUT2D eigenvalue weighted by atomic mass is 16.7. The lowest BCUT2D eigenvalue weighted by atomic mass is 9.99. The predicted octanol–water partition coefficient (Wildman–Crippen LogP) is -5.01. The molecule has 0 aromatic carbocycles. The maximum Gasteiger partial charge on any atom is 0.311 e. The van der Waals surface area contributed by atoms with Gasteiger partial charge in [-0.3, -0.25) is 9.59 Å². The Labute approximate surface area is 192 Å². The second kappa shape index (κ2) is 11.0. The fourth-order valence-electron chi connectivity index (χ4n) is 3.41. The van der Waals surface area contributed by atoms with Crippen molar-refractivity contribution in [2.75, 3.05) is 19.8 Å². The number of hydrogen-bond acceptors (Lipinski definition) is 14. The smallest absolute Gasteiger partial charge is 0.311 e. The fourth-order valence-corrected chi connectivity index (χ4v) is 3.41. The molecule has 2 aliphatic heterocycles. The minimum absolute atomic E-state index is 0.310. The Morgan fingerprint density at radius 1 is 1.09 bits per heavy atom. The van der Waals surface area contributed by atoms with Gasteiger partial charge >= 0.3 is 5.97 Å². The van der Waals surface area contributed by atoms with Crippen molar-refractivity contribution in [2.45, 2.75) is 62.2 Å². The highest BCUT2D eigenvalue weighted by Crippen LogP contribution is 2.29. The van der Waals surface area contributed by atoms with Crippen molar-refractivity contribution in [3.63, 3.8) is 0 Å². The summed E-state index contributed by atoms with van der Waals surface area (Å²) >= 11 is 0. The standard InChI is InChI=1S/C18H28N4O12/c1-6(3-32-18-13(28)11(26)9(24)7(2-23)34-18)17(30)31-4-8-10(25)12(27)16(33-8)22-5-20-15(21-22)14(19)29/h5-13,16,18,23-28H,2-4H2,1H3,(H2,19,29)/t6-,7?,8?,9?,10+,11?,12+,13?,16?,18?/m0/s1. The summed E-state index contributed by atoms with van der Waals surface area (Å²) in [5.74, 6) is -2.86. The van der Waals surface area contributed by atoms with Crippen LogP contribution >= 0.6 is 0 Å². The summed E-state index contributed by atoms with van der Waals surface area (Å²) in [6, 6.07) is 0. The number of nitrogens with zero attached hydrogens (tertiary/aromatic N) is 3. The van der Waals surface area contributed by atoms with E-state index in [1.165, 1.54) is 6.92 Å². The van der Waals surface area contributed by atoms with E-state index in [4.69, 9.17) is 24.7 Å². The molecule has 192 valence electrons. The van der Waals surface area contributed by atoms with E-state index in [0.717, 1.165) is 11.0 Å². The number of primary amides is 1. The van der Waals surface area contributed by atoms with Gasteiger partial charge in [0.15, 0.2) is 12.5 Å². The first-order chi connectivity index (χ1) is 16.0. The van der Waals surface area contributed by atoms with Gasteiger partial charge in [-0.2, -0.15) is 0 Å². The molecule has 0 aliphatic carbocycles. The summed E-state index contributed by atoms with van der Waals surface area (Å²) in [7, 11) is 0. The minimum Gasteiger partial charge on any atom is -0.463 e. The number of aliphatic hydroxyl groups is 6. The molecule has 1 aromatic heterocycles. The van der Waals surface area contributed by atoms with E-state index >= 15 is 0 Å². The SMILES string of the molecule is C[C@@H](COC1OC(CO)C(O)C(O)C1O)C(=O)OCC1OC(n2cnc(C(N)=O)n2)[C@H](O)[C@@H]1O. The second-order valence-corrected chi connectivity index (χ2v) is 8.02. The average Bonchev–Trinajstić information content (AvgIpc) is 3.41. The molecule has 16 nitrogen and oxygen atoms in total. The largest absolute Gasteiger partial charge is 0.463 e. The molecule has 3 rings (SSSR count). The number of hydrogen-bond donors (Lipinski definition) is 7. The molecule has 1 aromatic rings. The van der Waals surface area contributed by atoms with Gasteiger partial charge in [-0.1, -0.05) is 0 Å².